The molecular weight excluding hydrogens is 256 g/mol. The van der Waals surface area contributed by atoms with Gasteiger partial charge in [0.25, 0.3) is 0 Å². The maximum Gasteiger partial charge on any atom is 0.248 e. The van der Waals surface area contributed by atoms with E-state index < -0.39 is 0 Å². The highest BCUT2D eigenvalue weighted by molar-refractivity contribution is 7.80. The Kier molecular flexibility index (Phi) is 5.96. The summed E-state index contributed by atoms with van der Waals surface area (Å²) in [6.07, 6.45) is 9.28. The Balaban J connectivity index is 0.000000200. The first-order chi connectivity index (χ1) is 8.99. The van der Waals surface area contributed by atoms with Crippen LogP contribution in [-0.2, 0) is 4.79 Å². The second-order valence-electron chi connectivity index (χ2n) is 4.18. The van der Waals surface area contributed by atoms with E-state index >= 15 is 0 Å². The van der Waals surface area contributed by atoms with E-state index in [0.29, 0.717) is 11.5 Å². The van der Waals surface area contributed by atoms with E-state index in [2.05, 4.69) is 12.6 Å². The lowest BCUT2D eigenvalue weighted by atomic mass is 10.1. The first-order valence-electron chi connectivity index (χ1n) is 5.90. The first kappa shape index (κ1) is 15.1. The largest absolute Gasteiger partial charge is 0.399 e. The van der Waals surface area contributed by atoms with Gasteiger partial charge in [0.1, 0.15) is 0 Å². The minimum Gasteiger partial charge on any atom is -0.399 e. The number of anilines is 1. The molecule has 0 saturated carbocycles. The lowest BCUT2D eigenvalue weighted by molar-refractivity contribution is -0.114. The fourth-order valence-electron chi connectivity index (χ4n) is 1.35. The number of nitrogens with two attached hydrogens (primary N) is 2. The molecule has 4 N–H and O–H groups in total. The lowest BCUT2D eigenvalue weighted by Gasteiger charge is -1.93. The van der Waals surface area contributed by atoms with Gasteiger partial charge in [0, 0.05) is 16.2 Å². The number of hydrogen-bond acceptors (Lipinski definition) is 3. The van der Waals surface area contributed by atoms with Gasteiger partial charge in [-0.3, -0.25) is 4.79 Å². The third kappa shape index (κ3) is 5.97. The number of hydrogen-bond donors (Lipinski definition) is 3. The third-order valence-electron chi connectivity index (χ3n) is 2.45. The van der Waals surface area contributed by atoms with E-state index in [4.69, 9.17) is 11.5 Å². The van der Waals surface area contributed by atoms with Crippen molar-refractivity contribution in [2.45, 2.75) is 11.8 Å². The molecule has 0 aliphatic heterocycles. The van der Waals surface area contributed by atoms with Crippen molar-refractivity contribution < 1.29 is 4.79 Å². The van der Waals surface area contributed by atoms with Gasteiger partial charge < -0.3 is 11.5 Å². The Labute approximate surface area is 119 Å². The van der Waals surface area contributed by atoms with Crippen LogP contribution in [0.5, 0.6) is 0 Å². The van der Waals surface area contributed by atoms with Gasteiger partial charge in [-0.25, -0.2) is 0 Å². The number of thiol groups is 1. The van der Waals surface area contributed by atoms with Gasteiger partial charge in [-0.15, -0.1) is 12.6 Å². The number of amides is 1. The molecule has 1 unspecified atom stereocenters. The van der Waals surface area contributed by atoms with Gasteiger partial charge in [-0.1, -0.05) is 31.2 Å². The van der Waals surface area contributed by atoms with Gasteiger partial charge in [0.15, 0.2) is 0 Å². The number of rotatable bonds is 1. The second kappa shape index (κ2) is 7.48. The molecule has 0 spiro atoms. The van der Waals surface area contributed by atoms with Crippen LogP contribution in [0.4, 0.5) is 5.69 Å². The fraction of sp³-hybridized carbons (Fsp3) is 0.133. The molecule has 1 aromatic carbocycles. The van der Waals surface area contributed by atoms with Gasteiger partial charge in [-0.2, -0.15) is 0 Å². The van der Waals surface area contributed by atoms with Gasteiger partial charge in [-0.05, 0) is 36.3 Å². The Morgan fingerprint density at radius 1 is 1.21 bits per heavy atom. The molecule has 1 atom stereocenters. The third-order valence-corrected chi connectivity index (χ3v) is 2.75. The van der Waals surface area contributed by atoms with Crippen LogP contribution in [0.2, 0.25) is 0 Å². The SMILES string of the molecule is CC1C=CC=C(C(N)=O)C=C1.Nc1ccc(S)cc1. The maximum absolute atomic E-state index is 10.7. The van der Waals surface area contributed by atoms with Crippen molar-refractivity contribution in [3.8, 4) is 0 Å². The number of nitrogen functional groups attached to an aromatic ring is 1. The molecule has 2 rings (SSSR count). The molecule has 0 bridgehead atoms. The van der Waals surface area contributed by atoms with E-state index in [0.717, 1.165) is 10.6 Å². The standard InChI is InChI=1S/C9H11NO.C6H7NS/c1-7-3-2-4-8(6-5-7)9(10)11;7-5-1-3-6(8)4-2-5/h2-7H,1H3,(H2,10,11);1-4,8H,7H2. The van der Waals surface area contributed by atoms with Crippen LogP contribution in [-0.4, -0.2) is 5.91 Å². The van der Waals surface area contributed by atoms with Crippen molar-refractivity contribution in [2.75, 3.05) is 5.73 Å². The molecule has 19 heavy (non-hydrogen) atoms. The Morgan fingerprint density at radius 3 is 2.37 bits per heavy atom. The minimum absolute atomic E-state index is 0.375. The zero-order valence-electron chi connectivity index (χ0n) is 10.8. The Morgan fingerprint density at radius 2 is 1.84 bits per heavy atom. The summed E-state index contributed by atoms with van der Waals surface area (Å²) in [5, 5.41) is 0. The summed E-state index contributed by atoms with van der Waals surface area (Å²) in [6.45, 7) is 2.05. The average molecular weight is 274 g/mol. The van der Waals surface area contributed by atoms with Crippen LogP contribution >= 0.6 is 12.6 Å². The van der Waals surface area contributed by atoms with Crippen molar-refractivity contribution in [1.29, 1.82) is 0 Å². The molecule has 1 aromatic rings. The van der Waals surface area contributed by atoms with E-state index in [9.17, 15) is 4.79 Å². The molecule has 0 radical (unpaired) electrons. The Hall–Kier alpha value is -1.94. The number of primary amides is 1. The first-order valence-corrected chi connectivity index (χ1v) is 6.35. The van der Waals surface area contributed by atoms with E-state index in [1.54, 1.807) is 12.2 Å². The van der Waals surface area contributed by atoms with Gasteiger partial charge >= 0.3 is 0 Å². The molecule has 0 aromatic heterocycles. The molecule has 0 heterocycles. The molecule has 1 aliphatic carbocycles. The predicted molar refractivity (Wildman–Crippen MR) is 82.8 cm³/mol. The quantitative estimate of drug-likeness (QED) is 0.544. The number of allylic oxidation sites excluding steroid dienone is 4. The minimum atomic E-state index is -0.375. The van der Waals surface area contributed by atoms with Crippen molar-refractivity contribution in [2.24, 2.45) is 11.7 Å². The van der Waals surface area contributed by atoms with Crippen LogP contribution in [0.25, 0.3) is 0 Å². The van der Waals surface area contributed by atoms with Gasteiger partial charge in [0.05, 0.1) is 0 Å². The average Bonchev–Trinajstić information content (AvgIpc) is 2.59. The molecule has 1 amide bonds. The van der Waals surface area contributed by atoms with Crippen LogP contribution in [0, 0.1) is 5.92 Å². The highest BCUT2D eigenvalue weighted by Crippen LogP contribution is 2.08. The van der Waals surface area contributed by atoms with Crippen molar-refractivity contribution in [1.82, 2.24) is 0 Å². The van der Waals surface area contributed by atoms with E-state index in [1.807, 2.05) is 49.4 Å². The van der Waals surface area contributed by atoms with Crippen LogP contribution in [0.3, 0.4) is 0 Å². The molecule has 0 saturated heterocycles. The summed E-state index contributed by atoms with van der Waals surface area (Å²) in [6, 6.07) is 7.36. The second-order valence-corrected chi connectivity index (χ2v) is 4.70. The molecule has 100 valence electrons. The molecule has 4 heteroatoms. The zero-order valence-corrected chi connectivity index (χ0v) is 11.7. The zero-order chi connectivity index (χ0) is 14.3. The van der Waals surface area contributed by atoms with Crippen molar-refractivity contribution >= 4 is 24.2 Å². The predicted octanol–water partition coefficient (Wildman–Crippen LogP) is 2.72. The Bertz CT molecular complexity index is 494. The molecular formula is C15H18N2OS. The van der Waals surface area contributed by atoms with Crippen molar-refractivity contribution in [3.05, 3.63) is 60.2 Å². The summed E-state index contributed by atoms with van der Waals surface area (Å²) < 4.78 is 0. The summed E-state index contributed by atoms with van der Waals surface area (Å²) in [5.74, 6) is 0.00287. The van der Waals surface area contributed by atoms with Gasteiger partial charge in [0.2, 0.25) is 5.91 Å². The van der Waals surface area contributed by atoms with Crippen molar-refractivity contribution in [3.63, 3.8) is 0 Å². The van der Waals surface area contributed by atoms with Crippen LogP contribution in [0.1, 0.15) is 6.92 Å². The topological polar surface area (TPSA) is 69.1 Å². The maximum atomic E-state index is 10.7. The van der Waals surface area contributed by atoms with E-state index in [1.165, 1.54) is 0 Å². The highest BCUT2D eigenvalue weighted by Gasteiger charge is 2.01. The summed E-state index contributed by atoms with van der Waals surface area (Å²) in [5.41, 5.74) is 11.8. The fourth-order valence-corrected chi connectivity index (χ4v) is 1.50. The van der Waals surface area contributed by atoms with Crippen LogP contribution < -0.4 is 11.5 Å². The smallest absolute Gasteiger partial charge is 0.248 e. The number of carbonyl (C=O) groups is 1. The normalized spacial score (nSPS) is 16.9. The van der Waals surface area contributed by atoms with E-state index in [-0.39, 0.29) is 5.91 Å². The summed E-state index contributed by atoms with van der Waals surface area (Å²) in [7, 11) is 0. The summed E-state index contributed by atoms with van der Waals surface area (Å²) in [4.78, 5) is 11.6. The molecule has 0 fully saturated rings. The summed E-state index contributed by atoms with van der Waals surface area (Å²) >= 11 is 4.08. The highest BCUT2D eigenvalue weighted by atomic mass is 32.1. The lowest BCUT2D eigenvalue weighted by Crippen LogP contribution is -2.11. The van der Waals surface area contributed by atoms with Crippen LogP contribution in [0.15, 0.2) is 65.1 Å². The number of carbonyl (C=O) groups excluding carboxylic acids is 1. The monoisotopic (exact) mass is 274 g/mol. The molecule has 3 nitrogen and oxygen atoms in total. The molecule has 1 aliphatic rings. The number of benzene rings is 1.